The average molecular weight is 398 g/mol. The SMILES string of the molecule is Brc1ccc(Br)c(NCc2nc3ccccc3s2)c1. The number of hydrogen-bond donors (Lipinski definition) is 1. The monoisotopic (exact) mass is 396 g/mol. The second-order valence-electron chi connectivity index (χ2n) is 4.05. The molecule has 0 saturated carbocycles. The van der Waals surface area contributed by atoms with Crippen molar-refractivity contribution in [3.05, 3.63) is 56.4 Å². The Bertz CT molecular complexity index is 691. The maximum Gasteiger partial charge on any atom is 0.113 e. The van der Waals surface area contributed by atoms with E-state index < -0.39 is 0 Å². The highest BCUT2D eigenvalue weighted by Crippen LogP contribution is 2.28. The molecule has 2 nitrogen and oxygen atoms in total. The fourth-order valence-corrected chi connectivity index (χ4v) is 3.45. The fourth-order valence-electron chi connectivity index (χ4n) is 1.80. The van der Waals surface area contributed by atoms with Crippen LogP contribution in [0.5, 0.6) is 0 Å². The lowest BCUT2D eigenvalue weighted by molar-refractivity contribution is 1.11. The third kappa shape index (κ3) is 2.99. The number of nitrogens with zero attached hydrogens (tertiary/aromatic N) is 1. The van der Waals surface area contributed by atoms with Crippen LogP contribution >= 0.6 is 43.2 Å². The van der Waals surface area contributed by atoms with Gasteiger partial charge in [0.1, 0.15) is 5.01 Å². The van der Waals surface area contributed by atoms with Crippen molar-refractivity contribution in [3.63, 3.8) is 0 Å². The van der Waals surface area contributed by atoms with Crippen LogP contribution in [0.4, 0.5) is 5.69 Å². The van der Waals surface area contributed by atoms with Gasteiger partial charge in [0.25, 0.3) is 0 Å². The second-order valence-corrected chi connectivity index (χ2v) is 6.94. The fraction of sp³-hybridized carbons (Fsp3) is 0.0714. The number of halogens is 2. The van der Waals surface area contributed by atoms with Gasteiger partial charge in [0.05, 0.1) is 16.8 Å². The van der Waals surface area contributed by atoms with Gasteiger partial charge in [0.15, 0.2) is 0 Å². The molecule has 0 spiro atoms. The molecule has 2 aromatic carbocycles. The molecule has 1 N–H and O–H groups in total. The molecule has 5 heteroatoms. The van der Waals surface area contributed by atoms with E-state index in [4.69, 9.17) is 0 Å². The number of nitrogens with one attached hydrogen (secondary N) is 1. The summed E-state index contributed by atoms with van der Waals surface area (Å²) in [6, 6.07) is 14.3. The molecule has 1 aromatic heterocycles. The minimum atomic E-state index is 0.731. The Balaban J connectivity index is 1.80. The third-order valence-electron chi connectivity index (χ3n) is 2.70. The van der Waals surface area contributed by atoms with Crippen molar-refractivity contribution in [1.82, 2.24) is 4.98 Å². The maximum absolute atomic E-state index is 4.61. The van der Waals surface area contributed by atoms with Crippen molar-refractivity contribution in [2.75, 3.05) is 5.32 Å². The van der Waals surface area contributed by atoms with E-state index in [9.17, 15) is 0 Å². The molecular formula is C14H10Br2N2S. The standard InChI is InChI=1S/C14H10Br2N2S/c15-9-5-6-10(16)12(7-9)17-8-14-18-11-3-1-2-4-13(11)19-14/h1-7,17H,8H2. The Labute approximate surface area is 132 Å². The van der Waals surface area contributed by atoms with Crippen molar-refractivity contribution in [2.24, 2.45) is 0 Å². The first-order valence-corrected chi connectivity index (χ1v) is 8.16. The largest absolute Gasteiger partial charge is 0.378 e. The van der Waals surface area contributed by atoms with Gasteiger partial charge >= 0.3 is 0 Å². The molecule has 0 unspecified atom stereocenters. The summed E-state index contributed by atoms with van der Waals surface area (Å²) in [6.45, 7) is 0.731. The van der Waals surface area contributed by atoms with Crippen molar-refractivity contribution in [2.45, 2.75) is 6.54 Å². The Morgan fingerprint density at radius 2 is 1.95 bits per heavy atom. The van der Waals surface area contributed by atoms with E-state index in [-0.39, 0.29) is 0 Å². The molecule has 3 aromatic rings. The second kappa shape index (κ2) is 5.61. The van der Waals surface area contributed by atoms with E-state index in [0.29, 0.717) is 0 Å². The number of fused-ring (bicyclic) bond motifs is 1. The zero-order valence-corrected chi connectivity index (χ0v) is 13.8. The lowest BCUT2D eigenvalue weighted by atomic mass is 10.3. The van der Waals surface area contributed by atoms with E-state index in [1.807, 2.05) is 30.3 Å². The van der Waals surface area contributed by atoms with E-state index >= 15 is 0 Å². The number of thiazole rings is 1. The van der Waals surface area contributed by atoms with Gasteiger partial charge in [-0.3, -0.25) is 0 Å². The van der Waals surface area contributed by atoms with Gasteiger partial charge in [-0.15, -0.1) is 11.3 Å². The highest BCUT2D eigenvalue weighted by molar-refractivity contribution is 9.11. The van der Waals surface area contributed by atoms with Crippen LogP contribution in [0.3, 0.4) is 0 Å². The topological polar surface area (TPSA) is 24.9 Å². The minimum Gasteiger partial charge on any atom is -0.378 e. The number of rotatable bonds is 3. The molecule has 0 atom stereocenters. The van der Waals surface area contributed by atoms with Gasteiger partial charge in [0.2, 0.25) is 0 Å². The molecule has 0 aliphatic rings. The summed E-state index contributed by atoms with van der Waals surface area (Å²) in [5.74, 6) is 0. The zero-order valence-electron chi connectivity index (χ0n) is 9.86. The summed E-state index contributed by atoms with van der Waals surface area (Å²) in [4.78, 5) is 4.61. The summed E-state index contributed by atoms with van der Waals surface area (Å²) in [6.07, 6.45) is 0. The predicted octanol–water partition coefficient (Wildman–Crippen LogP) is 5.43. The summed E-state index contributed by atoms with van der Waals surface area (Å²) in [5, 5.41) is 4.49. The van der Waals surface area contributed by atoms with Crippen LogP contribution in [0.1, 0.15) is 5.01 Å². The zero-order chi connectivity index (χ0) is 13.2. The van der Waals surface area contributed by atoms with Crippen LogP contribution in [-0.2, 0) is 6.54 Å². The Morgan fingerprint density at radius 1 is 1.11 bits per heavy atom. The van der Waals surface area contributed by atoms with Gasteiger partial charge in [-0.2, -0.15) is 0 Å². The molecule has 0 fully saturated rings. The van der Waals surface area contributed by atoms with Crippen molar-refractivity contribution in [1.29, 1.82) is 0 Å². The molecule has 0 radical (unpaired) electrons. The van der Waals surface area contributed by atoms with Gasteiger partial charge in [-0.1, -0.05) is 28.1 Å². The smallest absolute Gasteiger partial charge is 0.113 e. The van der Waals surface area contributed by atoms with Gasteiger partial charge in [-0.25, -0.2) is 4.98 Å². The first-order valence-electron chi connectivity index (χ1n) is 5.76. The normalized spacial score (nSPS) is 10.8. The summed E-state index contributed by atoms with van der Waals surface area (Å²) < 4.78 is 3.34. The van der Waals surface area contributed by atoms with Crippen molar-refractivity contribution >= 4 is 59.1 Å². The number of benzene rings is 2. The number of para-hydroxylation sites is 1. The summed E-state index contributed by atoms with van der Waals surface area (Å²) >= 11 is 8.74. The van der Waals surface area contributed by atoms with Crippen molar-refractivity contribution < 1.29 is 0 Å². The molecule has 19 heavy (non-hydrogen) atoms. The Kier molecular flexibility index (Phi) is 3.86. The average Bonchev–Trinajstić information content (AvgIpc) is 2.82. The highest BCUT2D eigenvalue weighted by atomic mass is 79.9. The van der Waals surface area contributed by atoms with E-state index in [1.54, 1.807) is 11.3 Å². The van der Waals surface area contributed by atoms with Crippen molar-refractivity contribution in [3.8, 4) is 0 Å². The van der Waals surface area contributed by atoms with E-state index in [0.717, 1.165) is 31.7 Å². The molecule has 3 rings (SSSR count). The van der Waals surface area contributed by atoms with Gasteiger partial charge in [0, 0.05) is 14.6 Å². The molecule has 0 saturated heterocycles. The van der Waals surface area contributed by atoms with Gasteiger partial charge < -0.3 is 5.32 Å². The minimum absolute atomic E-state index is 0.731. The molecular weight excluding hydrogens is 388 g/mol. The Hall–Kier alpha value is -0.910. The lowest BCUT2D eigenvalue weighted by Gasteiger charge is -2.07. The molecule has 0 aliphatic carbocycles. The maximum atomic E-state index is 4.61. The van der Waals surface area contributed by atoms with Crippen LogP contribution < -0.4 is 5.32 Å². The lowest BCUT2D eigenvalue weighted by Crippen LogP contribution is -1.99. The molecule has 0 bridgehead atoms. The summed E-state index contributed by atoms with van der Waals surface area (Å²) in [5.41, 5.74) is 2.13. The first kappa shape index (κ1) is 13.1. The van der Waals surface area contributed by atoms with Crippen LogP contribution in [0.15, 0.2) is 51.4 Å². The van der Waals surface area contributed by atoms with Crippen LogP contribution in [-0.4, -0.2) is 4.98 Å². The van der Waals surface area contributed by atoms with Crippen LogP contribution in [0.25, 0.3) is 10.2 Å². The number of hydrogen-bond acceptors (Lipinski definition) is 3. The molecule has 0 aliphatic heterocycles. The number of anilines is 1. The number of aromatic nitrogens is 1. The van der Waals surface area contributed by atoms with Gasteiger partial charge in [-0.05, 0) is 46.3 Å². The molecule has 0 amide bonds. The predicted molar refractivity (Wildman–Crippen MR) is 88.8 cm³/mol. The van der Waals surface area contributed by atoms with Crippen LogP contribution in [0, 0.1) is 0 Å². The summed E-state index contributed by atoms with van der Waals surface area (Å²) in [7, 11) is 0. The van der Waals surface area contributed by atoms with E-state index in [2.05, 4.69) is 54.3 Å². The highest BCUT2D eigenvalue weighted by Gasteiger charge is 2.04. The molecule has 1 heterocycles. The Morgan fingerprint density at radius 3 is 2.79 bits per heavy atom. The molecule has 96 valence electrons. The first-order chi connectivity index (χ1) is 9.22. The van der Waals surface area contributed by atoms with Crippen LogP contribution in [0.2, 0.25) is 0 Å². The third-order valence-corrected chi connectivity index (χ3v) is 4.92. The van der Waals surface area contributed by atoms with E-state index in [1.165, 1.54) is 4.70 Å². The quantitative estimate of drug-likeness (QED) is 0.636.